The van der Waals surface area contributed by atoms with Gasteiger partial charge < -0.3 is 20.3 Å². The number of aliphatic hydroxyl groups is 2. The largest absolute Gasteiger partial charge is 0.462 e. The van der Waals surface area contributed by atoms with Crippen LogP contribution in [-0.2, 0) is 14.3 Å². The highest BCUT2D eigenvalue weighted by molar-refractivity contribution is 5.77. The van der Waals surface area contributed by atoms with Gasteiger partial charge in [0, 0.05) is 6.42 Å². The van der Waals surface area contributed by atoms with Crippen molar-refractivity contribution in [2.45, 2.75) is 264 Å². The number of rotatable bonds is 48. The molecule has 66 heavy (non-hydrogen) atoms. The number of nitrogens with one attached hydrogen (secondary N) is 1. The van der Waals surface area contributed by atoms with Crippen molar-refractivity contribution < 1.29 is 24.5 Å². The molecule has 0 aromatic rings. The van der Waals surface area contributed by atoms with Gasteiger partial charge in [0.1, 0.15) is 6.10 Å². The lowest BCUT2D eigenvalue weighted by Gasteiger charge is -2.24. The van der Waals surface area contributed by atoms with Gasteiger partial charge in [0.05, 0.1) is 25.2 Å². The molecular formula is C60H103NO5. The number of carbonyl (C=O) groups excluding carboxylic acids is 2. The maximum absolute atomic E-state index is 13.2. The Morgan fingerprint density at radius 3 is 1.27 bits per heavy atom. The van der Waals surface area contributed by atoms with Crippen LogP contribution in [0.5, 0.6) is 0 Å². The molecule has 0 spiro atoms. The second kappa shape index (κ2) is 52.7. The summed E-state index contributed by atoms with van der Waals surface area (Å²) in [6.45, 7) is 6.31. The molecule has 0 radical (unpaired) electrons. The van der Waals surface area contributed by atoms with Gasteiger partial charge in [0.25, 0.3) is 0 Å². The van der Waals surface area contributed by atoms with Crippen LogP contribution in [0, 0.1) is 0 Å². The molecular weight excluding hydrogens is 815 g/mol. The fourth-order valence-electron chi connectivity index (χ4n) is 7.93. The summed E-state index contributed by atoms with van der Waals surface area (Å²) in [5.74, 6) is -0.573. The third-order valence-electron chi connectivity index (χ3n) is 12.1. The van der Waals surface area contributed by atoms with Crippen LogP contribution in [0.1, 0.15) is 245 Å². The van der Waals surface area contributed by atoms with E-state index in [1.54, 1.807) is 0 Å². The number of hydrogen-bond donors (Lipinski definition) is 3. The molecule has 0 rings (SSSR count). The average molecular weight is 918 g/mol. The molecule has 0 aliphatic carbocycles. The first kappa shape index (κ1) is 62.8. The van der Waals surface area contributed by atoms with Crippen LogP contribution < -0.4 is 5.32 Å². The van der Waals surface area contributed by atoms with Crippen molar-refractivity contribution in [2.75, 3.05) is 6.61 Å². The Labute approximate surface area is 407 Å². The van der Waals surface area contributed by atoms with Crippen LogP contribution >= 0.6 is 0 Å². The molecule has 3 N–H and O–H groups in total. The first-order chi connectivity index (χ1) is 32.5. The normalized spacial score (nSPS) is 14.0. The summed E-state index contributed by atoms with van der Waals surface area (Å²) in [5, 5.41) is 23.8. The van der Waals surface area contributed by atoms with Crippen LogP contribution in [0.2, 0.25) is 0 Å². The number of aliphatic hydroxyl groups excluding tert-OH is 2. The molecule has 0 aliphatic rings. The van der Waals surface area contributed by atoms with E-state index in [-0.39, 0.29) is 24.9 Å². The highest BCUT2D eigenvalue weighted by Crippen LogP contribution is 2.17. The lowest BCUT2D eigenvalue weighted by molar-refractivity contribution is -0.151. The molecule has 0 fully saturated rings. The van der Waals surface area contributed by atoms with E-state index < -0.39 is 18.2 Å². The zero-order valence-corrected chi connectivity index (χ0v) is 43.0. The molecule has 3 atom stereocenters. The first-order valence-electron chi connectivity index (χ1n) is 27.6. The van der Waals surface area contributed by atoms with Gasteiger partial charge in [-0.1, -0.05) is 266 Å². The minimum atomic E-state index is -0.816. The van der Waals surface area contributed by atoms with Crippen LogP contribution in [0.4, 0.5) is 0 Å². The molecule has 0 bridgehead atoms. The molecule has 6 heteroatoms. The molecule has 0 aromatic heterocycles. The van der Waals surface area contributed by atoms with Crippen molar-refractivity contribution in [1.29, 1.82) is 0 Å². The number of amides is 1. The van der Waals surface area contributed by atoms with Gasteiger partial charge in [-0.05, 0) is 64.2 Å². The summed E-state index contributed by atoms with van der Waals surface area (Å²) < 4.78 is 5.90. The van der Waals surface area contributed by atoms with E-state index in [0.29, 0.717) is 19.3 Å². The average Bonchev–Trinajstić information content (AvgIpc) is 3.31. The van der Waals surface area contributed by atoms with Crippen LogP contribution in [0.3, 0.4) is 0 Å². The van der Waals surface area contributed by atoms with Crippen LogP contribution in [0.15, 0.2) is 97.2 Å². The third kappa shape index (κ3) is 47.3. The SMILES string of the molecule is CC/C=C/C=C/C=C\C=C/C=C/CCCC(CC(=O)NC(CO)C(O)CCCCCCCCCCCCCCCCCC)OC(=O)CCCCCCC/C=C/C=C/C=C/CCCCCCC. The molecule has 0 aliphatic heterocycles. The molecule has 1 amide bonds. The fraction of sp³-hybridized carbons (Fsp3) is 0.700. The Kier molecular flexibility index (Phi) is 50.2. The van der Waals surface area contributed by atoms with Gasteiger partial charge in [-0.2, -0.15) is 0 Å². The number of unbranched alkanes of at least 4 members (excludes halogenated alkanes) is 26. The summed E-state index contributed by atoms with van der Waals surface area (Å²) in [7, 11) is 0. The molecule has 3 unspecified atom stereocenters. The third-order valence-corrected chi connectivity index (χ3v) is 12.1. The Morgan fingerprint density at radius 1 is 0.455 bits per heavy atom. The molecule has 0 saturated heterocycles. The van der Waals surface area contributed by atoms with Crippen LogP contribution in [0.25, 0.3) is 0 Å². The van der Waals surface area contributed by atoms with Gasteiger partial charge in [-0.3, -0.25) is 9.59 Å². The number of carbonyl (C=O) groups is 2. The molecule has 6 nitrogen and oxygen atoms in total. The standard InChI is InChI=1S/C60H103NO5/c1-4-7-10-13-16-19-22-25-27-29-30-32-35-38-41-44-47-50-53-60(65)66-56(51-48-45-42-39-36-33-24-21-18-15-12-9-6-3)54-59(64)61-57(55-62)58(63)52-49-46-43-40-37-34-31-28-26-23-20-17-14-11-8-5-2/h9,12,15,18,21-22,24-25,27,29-30,32-33,36,39,42,56-58,62-63H,4-8,10-11,13-14,16-17,19-20,23,26,28,31,34-35,37-38,40-41,43-55H2,1-3H3,(H,61,64)/b12-9+,18-15+,24-21-,25-22+,29-27+,32-30+,36-33-,42-39+. The predicted molar refractivity (Wildman–Crippen MR) is 287 cm³/mol. The number of hydrogen-bond acceptors (Lipinski definition) is 5. The van der Waals surface area contributed by atoms with E-state index in [4.69, 9.17) is 4.74 Å². The van der Waals surface area contributed by atoms with Gasteiger partial charge in [0.2, 0.25) is 5.91 Å². The van der Waals surface area contributed by atoms with Crippen molar-refractivity contribution in [3.05, 3.63) is 97.2 Å². The Balaban J connectivity index is 4.66. The van der Waals surface area contributed by atoms with Crippen LogP contribution in [-0.4, -0.2) is 46.9 Å². The van der Waals surface area contributed by atoms with Crippen molar-refractivity contribution in [3.63, 3.8) is 0 Å². The van der Waals surface area contributed by atoms with Crippen molar-refractivity contribution in [2.24, 2.45) is 0 Å². The summed E-state index contributed by atoms with van der Waals surface area (Å²) in [5.41, 5.74) is 0. The van der Waals surface area contributed by atoms with E-state index >= 15 is 0 Å². The van der Waals surface area contributed by atoms with Crippen molar-refractivity contribution >= 4 is 11.9 Å². The van der Waals surface area contributed by atoms with Crippen molar-refractivity contribution in [1.82, 2.24) is 5.32 Å². The highest BCUT2D eigenvalue weighted by Gasteiger charge is 2.24. The zero-order valence-electron chi connectivity index (χ0n) is 43.0. The maximum atomic E-state index is 13.2. The fourth-order valence-corrected chi connectivity index (χ4v) is 7.93. The summed E-state index contributed by atoms with van der Waals surface area (Å²) in [6, 6.07) is -0.735. The molecule has 0 saturated carbocycles. The zero-order chi connectivity index (χ0) is 48.1. The van der Waals surface area contributed by atoms with Gasteiger partial charge in [-0.15, -0.1) is 0 Å². The van der Waals surface area contributed by atoms with E-state index in [1.807, 2.05) is 48.6 Å². The monoisotopic (exact) mass is 918 g/mol. The van der Waals surface area contributed by atoms with E-state index in [1.165, 1.54) is 116 Å². The van der Waals surface area contributed by atoms with Gasteiger partial charge in [0.15, 0.2) is 0 Å². The lowest BCUT2D eigenvalue weighted by Crippen LogP contribution is -2.46. The maximum Gasteiger partial charge on any atom is 0.306 e. The second-order valence-corrected chi connectivity index (χ2v) is 18.4. The number of allylic oxidation sites excluding steroid dienone is 16. The summed E-state index contributed by atoms with van der Waals surface area (Å²) in [4.78, 5) is 26.2. The molecule has 0 heterocycles. The first-order valence-corrected chi connectivity index (χ1v) is 27.6. The Morgan fingerprint density at radius 2 is 0.833 bits per heavy atom. The number of ether oxygens (including phenoxy) is 1. The highest BCUT2D eigenvalue weighted by atomic mass is 16.5. The minimum absolute atomic E-state index is 0.0154. The summed E-state index contributed by atoms with van der Waals surface area (Å²) in [6.07, 6.45) is 70.4. The van der Waals surface area contributed by atoms with E-state index in [0.717, 1.165) is 83.5 Å². The molecule has 0 aromatic carbocycles. The summed E-state index contributed by atoms with van der Waals surface area (Å²) >= 11 is 0. The number of esters is 1. The molecule has 378 valence electrons. The quantitative estimate of drug-likeness (QED) is 0.0321. The lowest BCUT2D eigenvalue weighted by atomic mass is 10.0. The Hall–Kier alpha value is -3.22. The van der Waals surface area contributed by atoms with Crippen molar-refractivity contribution in [3.8, 4) is 0 Å². The second-order valence-electron chi connectivity index (χ2n) is 18.4. The topological polar surface area (TPSA) is 95.9 Å². The van der Waals surface area contributed by atoms with Gasteiger partial charge >= 0.3 is 5.97 Å². The van der Waals surface area contributed by atoms with E-state index in [9.17, 15) is 19.8 Å². The predicted octanol–water partition coefficient (Wildman–Crippen LogP) is 16.9. The smallest absolute Gasteiger partial charge is 0.306 e. The van der Waals surface area contributed by atoms with E-state index in [2.05, 4.69) is 74.7 Å². The van der Waals surface area contributed by atoms with Gasteiger partial charge in [-0.25, -0.2) is 0 Å². The Bertz CT molecular complexity index is 1310. The minimum Gasteiger partial charge on any atom is -0.462 e.